The van der Waals surface area contributed by atoms with Gasteiger partial charge in [-0.25, -0.2) is 0 Å². The second-order valence-electron chi connectivity index (χ2n) is 7.94. The molecule has 0 aromatic rings. The number of ether oxygens (including phenoxy) is 1. The molecule has 0 saturated carbocycles. The average Bonchev–Trinajstić information content (AvgIpc) is 3.22. The van der Waals surface area contributed by atoms with Crippen molar-refractivity contribution in [3.63, 3.8) is 0 Å². The Morgan fingerprint density at radius 1 is 1.29 bits per heavy atom. The van der Waals surface area contributed by atoms with E-state index < -0.39 is 0 Å². The maximum atomic E-state index is 5.65. The van der Waals surface area contributed by atoms with Gasteiger partial charge in [0.25, 0.3) is 0 Å². The Hall–Kier alpha value is -0.810. The highest BCUT2D eigenvalue weighted by Gasteiger charge is 2.42. The zero-order chi connectivity index (χ0) is 16.8. The molecule has 3 aliphatic heterocycles. The number of hydrogen-bond acceptors (Lipinski definition) is 3. The molecular weight excluding hydrogens is 300 g/mol. The van der Waals surface area contributed by atoms with E-state index in [-0.39, 0.29) is 0 Å². The highest BCUT2D eigenvalue weighted by atomic mass is 16.5. The van der Waals surface area contributed by atoms with Crippen LogP contribution >= 0.6 is 0 Å². The van der Waals surface area contributed by atoms with Crippen molar-refractivity contribution in [2.45, 2.75) is 58.4 Å². The van der Waals surface area contributed by atoms with E-state index in [2.05, 4.69) is 29.0 Å². The normalized spacial score (nSPS) is 32.0. The third kappa shape index (κ3) is 4.42. The lowest BCUT2D eigenvalue weighted by Gasteiger charge is -2.33. The monoisotopic (exact) mass is 336 g/mol. The van der Waals surface area contributed by atoms with Gasteiger partial charge < -0.3 is 19.9 Å². The molecule has 3 heterocycles. The predicted molar refractivity (Wildman–Crippen MR) is 99.5 cm³/mol. The van der Waals surface area contributed by atoms with Crippen LogP contribution < -0.4 is 5.32 Å². The van der Waals surface area contributed by atoms with Crippen molar-refractivity contribution in [3.05, 3.63) is 0 Å². The van der Waals surface area contributed by atoms with Crippen LogP contribution in [-0.2, 0) is 4.74 Å². The zero-order valence-electron chi connectivity index (χ0n) is 15.7. The molecule has 3 fully saturated rings. The first-order chi connectivity index (χ1) is 11.7. The van der Waals surface area contributed by atoms with Crippen molar-refractivity contribution in [2.24, 2.45) is 10.4 Å². The van der Waals surface area contributed by atoms with E-state index in [1.54, 1.807) is 0 Å². The maximum Gasteiger partial charge on any atom is 0.193 e. The van der Waals surface area contributed by atoms with Crippen molar-refractivity contribution in [1.29, 1.82) is 0 Å². The Kier molecular flexibility index (Phi) is 6.39. The van der Waals surface area contributed by atoms with E-state index in [1.807, 2.05) is 0 Å². The summed E-state index contributed by atoms with van der Waals surface area (Å²) in [5.41, 5.74) is 0.402. The van der Waals surface area contributed by atoms with Gasteiger partial charge in [-0.3, -0.25) is 4.99 Å². The fraction of sp³-hybridized carbons (Fsp3) is 0.947. The van der Waals surface area contributed by atoms with Crippen LogP contribution in [0.1, 0.15) is 52.4 Å². The standard InChI is InChI=1S/C19H36N4O/c1-3-20-18(23-13-8-19(15-23)9-14-24-16-19)21-10-6-12-22-11-5-4-7-17(22)2/h17H,3-16H2,1-2H3,(H,20,21). The Labute approximate surface area is 147 Å². The Balaban J connectivity index is 1.47. The molecule has 0 amide bonds. The van der Waals surface area contributed by atoms with E-state index in [4.69, 9.17) is 9.73 Å². The quantitative estimate of drug-likeness (QED) is 0.475. The third-order valence-electron chi connectivity index (χ3n) is 6.06. The highest BCUT2D eigenvalue weighted by Crippen LogP contribution is 2.38. The number of guanidine groups is 1. The van der Waals surface area contributed by atoms with E-state index >= 15 is 0 Å². The molecule has 5 heteroatoms. The fourth-order valence-corrected chi connectivity index (χ4v) is 4.46. The average molecular weight is 337 g/mol. The fourth-order valence-electron chi connectivity index (χ4n) is 4.46. The lowest BCUT2D eigenvalue weighted by Crippen LogP contribution is -2.42. The Bertz CT molecular complexity index is 420. The minimum absolute atomic E-state index is 0.402. The number of rotatable bonds is 5. The molecule has 2 atom stereocenters. The number of aliphatic imine (C=N–C) groups is 1. The summed E-state index contributed by atoms with van der Waals surface area (Å²) in [6.45, 7) is 13.0. The first-order valence-electron chi connectivity index (χ1n) is 10.1. The smallest absolute Gasteiger partial charge is 0.193 e. The minimum Gasteiger partial charge on any atom is -0.381 e. The van der Waals surface area contributed by atoms with Crippen LogP contribution in [0.2, 0.25) is 0 Å². The molecule has 2 unspecified atom stereocenters. The van der Waals surface area contributed by atoms with Crippen molar-refractivity contribution in [3.8, 4) is 0 Å². The van der Waals surface area contributed by atoms with Gasteiger partial charge in [0.1, 0.15) is 0 Å². The molecule has 0 aliphatic carbocycles. The van der Waals surface area contributed by atoms with Gasteiger partial charge in [-0.05, 0) is 52.5 Å². The summed E-state index contributed by atoms with van der Waals surface area (Å²) in [4.78, 5) is 10.0. The molecule has 3 saturated heterocycles. The molecule has 3 rings (SSSR count). The first-order valence-corrected chi connectivity index (χ1v) is 10.1. The second kappa shape index (κ2) is 8.52. The van der Waals surface area contributed by atoms with E-state index in [0.717, 1.165) is 51.4 Å². The molecule has 3 aliphatic rings. The van der Waals surface area contributed by atoms with Gasteiger partial charge in [0.2, 0.25) is 0 Å². The summed E-state index contributed by atoms with van der Waals surface area (Å²) >= 11 is 0. The molecule has 0 aromatic heterocycles. The van der Waals surface area contributed by atoms with Gasteiger partial charge in [-0.15, -0.1) is 0 Å². The third-order valence-corrected chi connectivity index (χ3v) is 6.06. The topological polar surface area (TPSA) is 40.1 Å². The molecule has 0 bridgehead atoms. The SMILES string of the molecule is CCNC(=NCCCN1CCCCC1C)N1CCC2(CCOC2)C1. The Morgan fingerprint density at radius 2 is 2.21 bits per heavy atom. The zero-order valence-corrected chi connectivity index (χ0v) is 15.7. The van der Waals surface area contributed by atoms with Gasteiger partial charge in [-0.2, -0.15) is 0 Å². The van der Waals surface area contributed by atoms with Gasteiger partial charge >= 0.3 is 0 Å². The van der Waals surface area contributed by atoms with Crippen molar-refractivity contribution < 1.29 is 4.74 Å². The van der Waals surface area contributed by atoms with E-state index in [0.29, 0.717) is 5.41 Å². The van der Waals surface area contributed by atoms with Crippen LogP contribution in [0, 0.1) is 5.41 Å². The molecular formula is C19H36N4O. The van der Waals surface area contributed by atoms with Gasteiger partial charge in [0.05, 0.1) is 6.61 Å². The van der Waals surface area contributed by atoms with Crippen LogP contribution in [0.25, 0.3) is 0 Å². The summed E-state index contributed by atoms with van der Waals surface area (Å²) in [6, 6.07) is 0.761. The summed E-state index contributed by atoms with van der Waals surface area (Å²) in [6.07, 6.45) is 7.78. The van der Waals surface area contributed by atoms with Gasteiger partial charge in [0.15, 0.2) is 5.96 Å². The summed E-state index contributed by atoms with van der Waals surface area (Å²) < 4.78 is 5.65. The number of nitrogens with one attached hydrogen (secondary N) is 1. The van der Waals surface area contributed by atoms with Crippen molar-refractivity contribution >= 4 is 5.96 Å². The van der Waals surface area contributed by atoms with Crippen molar-refractivity contribution in [1.82, 2.24) is 15.1 Å². The molecule has 138 valence electrons. The summed E-state index contributed by atoms with van der Waals surface area (Å²) in [5.74, 6) is 1.12. The molecule has 0 aromatic carbocycles. The Morgan fingerprint density at radius 3 is 2.96 bits per heavy atom. The highest BCUT2D eigenvalue weighted by molar-refractivity contribution is 5.80. The molecule has 1 N–H and O–H groups in total. The molecule has 1 spiro atoms. The number of piperidine rings is 1. The summed E-state index contributed by atoms with van der Waals surface area (Å²) in [7, 11) is 0. The predicted octanol–water partition coefficient (Wildman–Crippen LogP) is 2.33. The summed E-state index contributed by atoms with van der Waals surface area (Å²) in [5, 5.41) is 3.50. The lowest BCUT2D eigenvalue weighted by atomic mass is 9.87. The maximum absolute atomic E-state index is 5.65. The molecule has 24 heavy (non-hydrogen) atoms. The van der Waals surface area contributed by atoms with E-state index in [9.17, 15) is 0 Å². The van der Waals surface area contributed by atoms with Crippen LogP contribution in [0.5, 0.6) is 0 Å². The van der Waals surface area contributed by atoms with Crippen LogP contribution in [-0.4, -0.2) is 74.3 Å². The van der Waals surface area contributed by atoms with Crippen LogP contribution in [0.3, 0.4) is 0 Å². The first kappa shape index (κ1) is 18.0. The van der Waals surface area contributed by atoms with E-state index in [1.165, 1.54) is 51.6 Å². The van der Waals surface area contributed by atoms with Crippen LogP contribution in [0.4, 0.5) is 0 Å². The number of hydrogen-bond donors (Lipinski definition) is 1. The second-order valence-corrected chi connectivity index (χ2v) is 7.94. The van der Waals surface area contributed by atoms with Crippen LogP contribution in [0.15, 0.2) is 4.99 Å². The van der Waals surface area contributed by atoms with Crippen molar-refractivity contribution in [2.75, 3.05) is 52.5 Å². The van der Waals surface area contributed by atoms with Gasteiger partial charge in [0, 0.05) is 50.8 Å². The van der Waals surface area contributed by atoms with Gasteiger partial charge in [-0.1, -0.05) is 6.42 Å². The molecule has 0 radical (unpaired) electrons. The molecule has 5 nitrogen and oxygen atoms in total. The number of nitrogens with zero attached hydrogens (tertiary/aromatic N) is 3. The largest absolute Gasteiger partial charge is 0.381 e. The minimum atomic E-state index is 0.402. The number of likely N-dealkylation sites (tertiary alicyclic amines) is 2. The lowest BCUT2D eigenvalue weighted by molar-refractivity contribution is 0.156.